The zero-order chi connectivity index (χ0) is 24.8. The van der Waals surface area contributed by atoms with Crippen LogP contribution < -0.4 is 24.4 Å². The van der Waals surface area contributed by atoms with Crippen LogP contribution in [0, 0.1) is 5.82 Å². The molecule has 0 unspecified atom stereocenters. The van der Waals surface area contributed by atoms with E-state index in [4.69, 9.17) is 9.47 Å². The van der Waals surface area contributed by atoms with Gasteiger partial charge in [0.2, 0.25) is 10.0 Å². The van der Waals surface area contributed by atoms with E-state index in [0.29, 0.717) is 5.69 Å². The smallest absolute Gasteiger partial charge is 0.413 e. The van der Waals surface area contributed by atoms with E-state index in [1.807, 2.05) is 0 Å². The number of hydrogen-bond acceptors (Lipinski definition) is 6. The van der Waals surface area contributed by atoms with Crippen molar-refractivity contribution in [2.24, 2.45) is 0 Å². The molecule has 0 aromatic heterocycles. The van der Waals surface area contributed by atoms with E-state index in [-0.39, 0.29) is 22.9 Å². The number of nitrogens with zero attached hydrogens (tertiary/aromatic N) is 1. The fourth-order valence-electron chi connectivity index (χ4n) is 3.14. The van der Waals surface area contributed by atoms with Crippen LogP contribution >= 0.6 is 0 Å². The van der Waals surface area contributed by atoms with Gasteiger partial charge in [0.05, 0.1) is 17.6 Å². The van der Waals surface area contributed by atoms with Gasteiger partial charge in [-0.15, -0.1) is 0 Å². The van der Waals surface area contributed by atoms with Gasteiger partial charge < -0.3 is 14.8 Å². The molecular weight excluding hydrogens is 453 g/mol. The van der Waals surface area contributed by atoms with Crippen molar-refractivity contribution in [1.82, 2.24) is 5.32 Å². The standard InChI is InChI=1S/C22H26FN3O6S/c1-21(2,3)24-20(28)31-17-12-16-18(11-15(17)25-33(6,29)30)32-22(4,5)19(27)26(16)14-9-7-13(23)8-10-14/h7-12,25H,1-6H3,(H,24,28). The van der Waals surface area contributed by atoms with Crippen LogP contribution in [-0.4, -0.2) is 37.8 Å². The lowest BCUT2D eigenvalue weighted by Crippen LogP contribution is -2.50. The molecule has 2 aromatic rings. The first-order valence-electron chi connectivity index (χ1n) is 10.0. The quantitative estimate of drug-likeness (QED) is 0.687. The highest BCUT2D eigenvalue weighted by atomic mass is 32.2. The second-order valence-electron chi connectivity index (χ2n) is 9.18. The van der Waals surface area contributed by atoms with Crippen LogP contribution in [0.1, 0.15) is 34.6 Å². The highest BCUT2D eigenvalue weighted by Gasteiger charge is 2.42. The van der Waals surface area contributed by atoms with Crippen molar-refractivity contribution in [3.8, 4) is 11.5 Å². The molecule has 1 aliphatic heterocycles. The van der Waals surface area contributed by atoms with Crippen LogP contribution in [0.3, 0.4) is 0 Å². The molecule has 178 valence electrons. The number of anilines is 3. The van der Waals surface area contributed by atoms with Gasteiger partial charge in [-0.3, -0.25) is 14.4 Å². The van der Waals surface area contributed by atoms with E-state index < -0.39 is 39.0 Å². The minimum absolute atomic E-state index is 0.0514. The van der Waals surface area contributed by atoms with Gasteiger partial charge in [0.15, 0.2) is 11.4 Å². The Morgan fingerprint density at radius 3 is 2.30 bits per heavy atom. The number of rotatable bonds is 4. The summed E-state index contributed by atoms with van der Waals surface area (Å²) in [5, 5.41) is 2.62. The van der Waals surface area contributed by atoms with Gasteiger partial charge in [0, 0.05) is 23.4 Å². The fraction of sp³-hybridized carbons (Fsp3) is 0.364. The Kier molecular flexibility index (Phi) is 6.05. The molecule has 11 heteroatoms. The summed E-state index contributed by atoms with van der Waals surface area (Å²) in [5.41, 5.74) is -1.42. The summed E-state index contributed by atoms with van der Waals surface area (Å²) in [7, 11) is -3.75. The fourth-order valence-corrected chi connectivity index (χ4v) is 3.70. The zero-order valence-corrected chi connectivity index (χ0v) is 20.0. The van der Waals surface area contributed by atoms with Crippen molar-refractivity contribution in [2.75, 3.05) is 15.9 Å². The maximum Gasteiger partial charge on any atom is 0.413 e. The molecule has 9 nitrogen and oxygen atoms in total. The topological polar surface area (TPSA) is 114 Å². The average Bonchev–Trinajstić information content (AvgIpc) is 2.62. The first-order valence-corrected chi connectivity index (χ1v) is 11.9. The number of carbonyl (C=O) groups is 2. The Balaban J connectivity index is 2.17. The summed E-state index contributed by atoms with van der Waals surface area (Å²) in [6.45, 7) is 8.37. The molecule has 0 atom stereocenters. The van der Waals surface area contributed by atoms with E-state index in [9.17, 15) is 22.4 Å². The first kappa shape index (κ1) is 24.3. The molecule has 0 aliphatic carbocycles. The molecule has 2 aromatic carbocycles. The molecule has 0 fully saturated rings. The molecule has 33 heavy (non-hydrogen) atoms. The normalized spacial score (nSPS) is 15.4. The molecule has 2 amide bonds. The zero-order valence-electron chi connectivity index (χ0n) is 19.1. The second-order valence-corrected chi connectivity index (χ2v) is 10.9. The maximum absolute atomic E-state index is 13.5. The van der Waals surface area contributed by atoms with Crippen LogP contribution in [0.4, 0.5) is 26.2 Å². The van der Waals surface area contributed by atoms with Gasteiger partial charge in [-0.1, -0.05) is 0 Å². The van der Waals surface area contributed by atoms with Gasteiger partial charge in [-0.05, 0) is 58.9 Å². The van der Waals surface area contributed by atoms with E-state index in [0.717, 1.165) is 6.26 Å². The van der Waals surface area contributed by atoms with Gasteiger partial charge in [-0.2, -0.15) is 0 Å². The highest BCUT2D eigenvalue weighted by Crippen LogP contribution is 2.47. The number of carbonyl (C=O) groups excluding carboxylic acids is 2. The van der Waals surface area contributed by atoms with E-state index in [1.165, 1.54) is 41.3 Å². The SMILES string of the molecule is CC(C)(C)NC(=O)Oc1cc2c(cc1NS(C)(=O)=O)OC(C)(C)C(=O)N2c1ccc(F)cc1. The lowest BCUT2D eigenvalue weighted by Gasteiger charge is -2.39. The summed E-state index contributed by atoms with van der Waals surface area (Å²) >= 11 is 0. The van der Waals surface area contributed by atoms with Crippen LogP contribution in [-0.2, 0) is 14.8 Å². The van der Waals surface area contributed by atoms with E-state index >= 15 is 0 Å². The molecule has 0 saturated carbocycles. The number of halogens is 1. The number of fused-ring (bicyclic) bond motifs is 1. The van der Waals surface area contributed by atoms with Crippen LogP contribution in [0.25, 0.3) is 0 Å². The predicted molar refractivity (Wildman–Crippen MR) is 122 cm³/mol. The number of hydrogen-bond donors (Lipinski definition) is 2. The summed E-state index contributed by atoms with van der Waals surface area (Å²) in [4.78, 5) is 26.9. The number of benzene rings is 2. The van der Waals surface area contributed by atoms with Crippen molar-refractivity contribution in [1.29, 1.82) is 0 Å². The van der Waals surface area contributed by atoms with Gasteiger partial charge >= 0.3 is 6.09 Å². The first-order chi connectivity index (χ1) is 15.1. The molecule has 0 saturated heterocycles. The van der Waals surface area contributed by atoms with Gasteiger partial charge in [0.1, 0.15) is 11.6 Å². The largest absolute Gasteiger partial charge is 0.476 e. The number of nitrogens with one attached hydrogen (secondary N) is 2. The Labute approximate surface area is 191 Å². The monoisotopic (exact) mass is 479 g/mol. The van der Waals surface area contributed by atoms with Crippen LogP contribution in [0.5, 0.6) is 11.5 Å². The van der Waals surface area contributed by atoms with Crippen molar-refractivity contribution in [3.05, 3.63) is 42.2 Å². The molecule has 2 N–H and O–H groups in total. The summed E-state index contributed by atoms with van der Waals surface area (Å²) in [6.07, 6.45) is 0.126. The highest BCUT2D eigenvalue weighted by molar-refractivity contribution is 7.92. The maximum atomic E-state index is 13.5. The van der Waals surface area contributed by atoms with Crippen molar-refractivity contribution in [3.63, 3.8) is 0 Å². The third kappa shape index (κ3) is 5.72. The third-order valence-electron chi connectivity index (χ3n) is 4.45. The summed E-state index contributed by atoms with van der Waals surface area (Å²) < 4.78 is 50.9. The molecule has 0 bridgehead atoms. The molecule has 0 spiro atoms. The Morgan fingerprint density at radius 1 is 1.15 bits per heavy atom. The second kappa shape index (κ2) is 8.22. The molecular formula is C22H26FN3O6S. The lowest BCUT2D eigenvalue weighted by atomic mass is 10.0. The Bertz CT molecular complexity index is 1200. The number of sulfonamides is 1. The molecule has 3 rings (SSSR count). The predicted octanol–water partition coefficient (Wildman–Crippen LogP) is 3.92. The molecule has 1 aliphatic rings. The average molecular weight is 480 g/mol. The third-order valence-corrected chi connectivity index (χ3v) is 5.04. The van der Waals surface area contributed by atoms with Gasteiger partial charge in [0.25, 0.3) is 5.91 Å². The minimum atomic E-state index is -3.75. The Morgan fingerprint density at radius 2 is 1.76 bits per heavy atom. The molecule has 0 radical (unpaired) electrons. The summed E-state index contributed by atoms with van der Waals surface area (Å²) in [5.74, 6) is -0.909. The molecule has 1 heterocycles. The van der Waals surface area contributed by atoms with E-state index in [2.05, 4.69) is 10.0 Å². The minimum Gasteiger partial charge on any atom is -0.476 e. The van der Waals surface area contributed by atoms with Gasteiger partial charge in [-0.25, -0.2) is 17.6 Å². The number of ether oxygens (including phenoxy) is 2. The van der Waals surface area contributed by atoms with Crippen molar-refractivity contribution >= 4 is 39.1 Å². The lowest BCUT2D eigenvalue weighted by molar-refractivity contribution is -0.131. The van der Waals surface area contributed by atoms with Crippen LogP contribution in [0.2, 0.25) is 0 Å². The van der Waals surface area contributed by atoms with Crippen LogP contribution in [0.15, 0.2) is 36.4 Å². The Hall–Kier alpha value is -3.34. The van der Waals surface area contributed by atoms with Crippen molar-refractivity contribution in [2.45, 2.75) is 45.8 Å². The van der Waals surface area contributed by atoms with Crippen molar-refractivity contribution < 1.29 is 31.9 Å². The summed E-state index contributed by atoms with van der Waals surface area (Å²) in [6, 6.07) is 7.92. The van der Waals surface area contributed by atoms with E-state index in [1.54, 1.807) is 34.6 Å². The number of amides is 2.